The molecule has 5 heteroatoms. The van der Waals surface area contributed by atoms with Gasteiger partial charge < -0.3 is 5.73 Å². The Labute approximate surface area is 148 Å². The molecule has 0 aliphatic heterocycles. The van der Waals surface area contributed by atoms with E-state index in [9.17, 15) is 0 Å². The van der Waals surface area contributed by atoms with Gasteiger partial charge in [-0.3, -0.25) is 0 Å². The lowest BCUT2D eigenvalue weighted by Crippen LogP contribution is -2.25. The van der Waals surface area contributed by atoms with Crippen LogP contribution in [0.4, 0.5) is 0 Å². The number of nitrogens with two attached hydrogens (primary N) is 1. The summed E-state index contributed by atoms with van der Waals surface area (Å²) < 4.78 is 1.06. The van der Waals surface area contributed by atoms with Crippen molar-refractivity contribution in [3.63, 3.8) is 0 Å². The van der Waals surface area contributed by atoms with Crippen LogP contribution >= 0.6 is 50.9 Å². The van der Waals surface area contributed by atoms with Crippen LogP contribution in [0.3, 0.4) is 0 Å². The van der Waals surface area contributed by atoms with E-state index in [1.807, 2.05) is 30.3 Å². The number of thioether (sulfide) groups is 1. The fourth-order valence-corrected chi connectivity index (χ4v) is 4.53. The molecule has 112 valence electrons. The van der Waals surface area contributed by atoms with E-state index in [1.165, 1.54) is 5.56 Å². The summed E-state index contributed by atoms with van der Waals surface area (Å²) in [6.07, 6.45) is 0.886. The highest BCUT2D eigenvalue weighted by Crippen LogP contribution is 2.43. The van der Waals surface area contributed by atoms with Gasteiger partial charge in [-0.1, -0.05) is 64.3 Å². The van der Waals surface area contributed by atoms with Gasteiger partial charge in [0.25, 0.3) is 0 Å². The minimum absolute atomic E-state index is 0.0312. The van der Waals surface area contributed by atoms with Crippen molar-refractivity contribution in [1.82, 2.24) is 0 Å². The molecule has 0 radical (unpaired) electrons. The van der Waals surface area contributed by atoms with Gasteiger partial charge in [-0.2, -0.15) is 0 Å². The summed E-state index contributed by atoms with van der Waals surface area (Å²) in [6.45, 7) is 2.09. The molecule has 0 aliphatic carbocycles. The van der Waals surface area contributed by atoms with Crippen LogP contribution in [0, 0.1) is 0 Å². The second-order valence-corrected chi connectivity index (χ2v) is 7.59. The second kappa shape index (κ2) is 7.89. The lowest BCUT2D eigenvalue weighted by molar-refractivity contribution is 0.633. The Kier molecular flexibility index (Phi) is 6.45. The van der Waals surface area contributed by atoms with Crippen molar-refractivity contribution in [1.29, 1.82) is 0 Å². The van der Waals surface area contributed by atoms with E-state index in [4.69, 9.17) is 28.9 Å². The Hall–Kier alpha value is -0.190. The zero-order chi connectivity index (χ0) is 15.4. The molecule has 0 saturated carbocycles. The van der Waals surface area contributed by atoms with Gasteiger partial charge in [0.05, 0.1) is 10.3 Å². The summed E-state index contributed by atoms with van der Waals surface area (Å²) in [5.41, 5.74) is 7.51. The molecule has 1 nitrogen and oxygen atoms in total. The highest BCUT2D eigenvalue weighted by atomic mass is 79.9. The van der Waals surface area contributed by atoms with Crippen molar-refractivity contribution < 1.29 is 0 Å². The third-order valence-corrected chi connectivity index (χ3v) is 6.07. The molecule has 21 heavy (non-hydrogen) atoms. The lowest BCUT2D eigenvalue weighted by atomic mass is 10.0. The van der Waals surface area contributed by atoms with Crippen LogP contribution in [0.25, 0.3) is 0 Å². The summed E-state index contributed by atoms with van der Waals surface area (Å²) in [4.78, 5) is 0.953. The summed E-state index contributed by atoms with van der Waals surface area (Å²) in [5.74, 6) is 0. The van der Waals surface area contributed by atoms with Gasteiger partial charge in [0, 0.05) is 20.4 Å². The first kappa shape index (κ1) is 17.2. The summed E-state index contributed by atoms with van der Waals surface area (Å²) >= 11 is 17.6. The Bertz CT molecular complexity index is 621. The monoisotopic (exact) mass is 403 g/mol. The van der Waals surface area contributed by atoms with Crippen LogP contribution in [0.2, 0.25) is 10.0 Å². The molecule has 2 aromatic carbocycles. The number of benzene rings is 2. The third-order valence-electron chi connectivity index (χ3n) is 3.22. The van der Waals surface area contributed by atoms with Crippen LogP contribution in [0.1, 0.15) is 24.2 Å². The van der Waals surface area contributed by atoms with Gasteiger partial charge in [-0.15, -0.1) is 11.8 Å². The van der Waals surface area contributed by atoms with Crippen molar-refractivity contribution >= 4 is 50.9 Å². The normalized spacial score (nSPS) is 14.0. The molecule has 0 saturated heterocycles. The first-order valence-corrected chi connectivity index (χ1v) is 9.07. The maximum atomic E-state index is 6.34. The van der Waals surface area contributed by atoms with E-state index in [0.29, 0.717) is 10.0 Å². The van der Waals surface area contributed by atoms with Gasteiger partial charge in [-0.05, 0) is 36.2 Å². The predicted molar refractivity (Wildman–Crippen MR) is 97.5 cm³/mol. The van der Waals surface area contributed by atoms with E-state index in [1.54, 1.807) is 17.8 Å². The molecule has 0 aromatic heterocycles. The van der Waals surface area contributed by atoms with E-state index >= 15 is 0 Å². The van der Waals surface area contributed by atoms with Crippen molar-refractivity contribution in [2.45, 2.75) is 29.5 Å². The van der Waals surface area contributed by atoms with E-state index < -0.39 is 0 Å². The van der Waals surface area contributed by atoms with Crippen molar-refractivity contribution in [3.8, 4) is 0 Å². The molecule has 2 unspecified atom stereocenters. The van der Waals surface area contributed by atoms with Crippen LogP contribution in [-0.2, 0) is 0 Å². The van der Waals surface area contributed by atoms with Gasteiger partial charge in [0.15, 0.2) is 0 Å². The zero-order valence-corrected chi connectivity index (χ0v) is 15.4. The molecule has 2 N–H and O–H groups in total. The SMILES string of the molecule is CCC(N)C(Sc1cc(Cl)ccc1Cl)c1ccccc1Br. The van der Waals surface area contributed by atoms with Gasteiger partial charge in [0.1, 0.15) is 0 Å². The molecular formula is C16H16BrCl2NS. The average molecular weight is 405 g/mol. The maximum Gasteiger partial charge on any atom is 0.0543 e. The summed E-state index contributed by atoms with van der Waals surface area (Å²) in [7, 11) is 0. The summed E-state index contributed by atoms with van der Waals surface area (Å²) in [6, 6.07) is 13.7. The molecule has 0 aliphatic rings. The van der Waals surface area contributed by atoms with E-state index in [0.717, 1.165) is 15.8 Å². The Morgan fingerprint density at radius 2 is 1.90 bits per heavy atom. The molecular weight excluding hydrogens is 389 g/mol. The van der Waals surface area contributed by atoms with Crippen molar-refractivity contribution in [3.05, 3.63) is 62.5 Å². The highest BCUT2D eigenvalue weighted by molar-refractivity contribution is 9.10. The number of hydrogen-bond donors (Lipinski definition) is 1. The Balaban J connectivity index is 2.38. The van der Waals surface area contributed by atoms with Crippen LogP contribution in [0.5, 0.6) is 0 Å². The van der Waals surface area contributed by atoms with Gasteiger partial charge >= 0.3 is 0 Å². The first-order chi connectivity index (χ1) is 10.0. The van der Waals surface area contributed by atoms with Crippen LogP contribution in [-0.4, -0.2) is 6.04 Å². The molecule has 0 fully saturated rings. The molecule has 0 spiro atoms. The van der Waals surface area contributed by atoms with Gasteiger partial charge in [0.2, 0.25) is 0 Å². The Morgan fingerprint density at radius 1 is 1.19 bits per heavy atom. The third kappa shape index (κ3) is 4.40. The molecule has 0 heterocycles. The summed E-state index contributed by atoms with van der Waals surface area (Å²) in [5, 5.41) is 1.49. The molecule has 0 amide bonds. The first-order valence-electron chi connectivity index (χ1n) is 6.64. The Morgan fingerprint density at radius 3 is 2.57 bits per heavy atom. The van der Waals surface area contributed by atoms with Gasteiger partial charge in [-0.25, -0.2) is 0 Å². The lowest BCUT2D eigenvalue weighted by Gasteiger charge is -2.24. The second-order valence-electron chi connectivity index (χ2n) is 4.71. The topological polar surface area (TPSA) is 26.0 Å². The molecule has 0 bridgehead atoms. The number of halogens is 3. The van der Waals surface area contributed by atoms with E-state index in [2.05, 4.69) is 28.9 Å². The molecule has 2 aromatic rings. The number of hydrogen-bond acceptors (Lipinski definition) is 2. The molecule has 2 atom stereocenters. The highest BCUT2D eigenvalue weighted by Gasteiger charge is 2.23. The average Bonchev–Trinajstić information content (AvgIpc) is 2.48. The van der Waals surface area contributed by atoms with Crippen LogP contribution in [0.15, 0.2) is 51.8 Å². The van der Waals surface area contributed by atoms with Crippen molar-refractivity contribution in [2.24, 2.45) is 5.73 Å². The largest absolute Gasteiger partial charge is 0.326 e. The van der Waals surface area contributed by atoms with Crippen molar-refractivity contribution in [2.75, 3.05) is 0 Å². The smallest absolute Gasteiger partial charge is 0.0543 e. The fourth-order valence-electron chi connectivity index (χ4n) is 2.01. The van der Waals surface area contributed by atoms with E-state index in [-0.39, 0.29) is 11.3 Å². The maximum absolute atomic E-state index is 6.34. The molecule has 2 rings (SSSR count). The number of rotatable bonds is 5. The quantitative estimate of drug-likeness (QED) is 0.589. The fraction of sp³-hybridized carbons (Fsp3) is 0.250. The minimum Gasteiger partial charge on any atom is -0.326 e. The van der Waals surface area contributed by atoms with Crippen LogP contribution < -0.4 is 5.73 Å². The predicted octanol–water partition coefficient (Wildman–Crippen LogP) is 6.33. The minimum atomic E-state index is 0.0312. The standard InChI is InChI=1S/C16H16BrCl2NS/c1-2-14(20)16(11-5-3-4-6-12(11)17)21-15-9-10(18)7-8-13(15)19/h3-9,14,16H,2,20H2,1H3. The zero-order valence-electron chi connectivity index (χ0n) is 11.5.